The number of nitro benzene ring substituents is 1. The summed E-state index contributed by atoms with van der Waals surface area (Å²) in [6.07, 6.45) is 0. The van der Waals surface area contributed by atoms with Crippen LogP contribution in [-0.2, 0) is 6.54 Å². The third-order valence-corrected chi connectivity index (χ3v) is 3.43. The van der Waals surface area contributed by atoms with Crippen molar-refractivity contribution in [1.29, 1.82) is 0 Å². The molecule has 0 unspecified atom stereocenters. The predicted octanol–water partition coefficient (Wildman–Crippen LogP) is 4.41. The lowest BCUT2D eigenvalue weighted by Gasteiger charge is -2.10. The summed E-state index contributed by atoms with van der Waals surface area (Å²) in [5, 5.41) is 14.8. The van der Waals surface area contributed by atoms with Crippen molar-refractivity contribution in [3.05, 3.63) is 63.2 Å². The standard InChI is InChI=1S/C16H17ClN2O2/c1-11(2)18-10-12-6-7-15(16(17)8-12)13-4-3-5-14(9-13)19(20)21/h3-9,11,18H,10H2,1-2H3. The van der Waals surface area contributed by atoms with Gasteiger partial charge in [0.25, 0.3) is 5.69 Å². The summed E-state index contributed by atoms with van der Waals surface area (Å²) in [6, 6.07) is 12.7. The quantitative estimate of drug-likeness (QED) is 0.657. The Labute approximate surface area is 128 Å². The van der Waals surface area contributed by atoms with Gasteiger partial charge in [-0.25, -0.2) is 0 Å². The van der Waals surface area contributed by atoms with E-state index in [1.54, 1.807) is 6.07 Å². The van der Waals surface area contributed by atoms with Gasteiger partial charge < -0.3 is 5.32 Å². The average Bonchev–Trinajstić information content (AvgIpc) is 2.45. The van der Waals surface area contributed by atoms with Crippen LogP contribution in [0.25, 0.3) is 11.1 Å². The summed E-state index contributed by atoms with van der Waals surface area (Å²) in [5.74, 6) is 0. The van der Waals surface area contributed by atoms with Crippen molar-refractivity contribution in [1.82, 2.24) is 5.32 Å². The van der Waals surface area contributed by atoms with Gasteiger partial charge in [-0.15, -0.1) is 0 Å². The van der Waals surface area contributed by atoms with Crippen LogP contribution in [0, 0.1) is 10.1 Å². The minimum absolute atomic E-state index is 0.0640. The van der Waals surface area contributed by atoms with E-state index in [2.05, 4.69) is 19.2 Å². The summed E-state index contributed by atoms with van der Waals surface area (Å²) in [4.78, 5) is 10.4. The topological polar surface area (TPSA) is 55.2 Å². The summed E-state index contributed by atoms with van der Waals surface area (Å²) < 4.78 is 0. The van der Waals surface area contributed by atoms with Crippen molar-refractivity contribution >= 4 is 17.3 Å². The first-order valence-corrected chi connectivity index (χ1v) is 7.12. The minimum atomic E-state index is -0.404. The normalized spacial score (nSPS) is 10.9. The number of rotatable bonds is 5. The highest BCUT2D eigenvalue weighted by Crippen LogP contribution is 2.30. The minimum Gasteiger partial charge on any atom is -0.310 e. The fourth-order valence-electron chi connectivity index (χ4n) is 2.01. The first kappa shape index (κ1) is 15.5. The Morgan fingerprint density at radius 3 is 2.62 bits per heavy atom. The van der Waals surface area contributed by atoms with Gasteiger partial charge in [-0.2, -0.15) is 0 Å². The molecule has 0 aliphatic carbocycles. The maximum atomic E-state index is 10.8. The molecule has 4 nitrogen and oxygen atoms in total. The second kappa shape index (κ2) is 6.70. The van der Waals surface area contributed by atoms with Gasteiger partial charge in [0, 0.05) is 35.3 Å². The van der Waals surface area contributed by atoms with E-state index in [4.69, 9.17) is 11.6 Å². The fraction of sp³-hybridized carbons (Fsp3) is 0.250. The first-order chi connectivity index (χ1) is 9.97. The van der Waals surface area contributed by atoms with E-state index in [9.17, 15) is 10.1 Å². The van der Waals surface area contributed by atoms with E-state index in [0.717, 1.165) is 23.2 Å². The molecule has 0 spiro atoms. The first-order valence-electron chi connectivity index (χ1n) is 6.74. The van der Waals surface area contributed by atoms with Crippen molar-refractivity contribution in [2.24, 2.45) is 0 Å². The Morgan fingerprint density at radius 1 is 1.24 bits per heavy atom. The van der Waals surface area contributed by atoms with E-state index in [-0.39, 0.29) is 5.69 Å². The zero-order valence-electron chi connectivity index (χ0n) is 12.0. The molecular weight excluding hydrogens is 288 g/mol. The monoisotopic (exact) mass is 304 g/mol. The number of nitrogens with zero attached hydrogens (tertiary/aromatic N) is 1. The van der Waals surface area contributed by atoms with Gasteiger partial charge in [-0.05, 0) is 17.2 Å². The van der Waals surface area contributed by atoms with Gasteiger partial charge in [-0.3, -0.25) is 10.1 Å². The molecule has 0 radical (unpaired) electrons. The largest absolute Gasteiger partial charge is 0.310 e. The van der Waals surface area contributed by atoms with Crippen LogP contribution in [-0.4, -0.2) is 11.0 Å². The third-order valence-electron chi connectivity index (χ3n) is 3.12. The van der Waals surface area contributed by atoms with Gasteiger partial charge >= 0.3 is 0 Å². The smallest absolute Gasteiger partial charge is 0.270 e. The SMILES string of the molecule is CC(C)NCc1ccc(-c2cccc([N+](=O)[O-])c2)c(Cl)c1. The summed E-state index contributed by atoms with van der Waals surface area (Å²) in [7, 11) is 0. The summed E-state index contributed by atoms with van der Waals surface area (Å²) in [6.45, 7) is 4.91. The number of non-ortho nitro benzene ring substituents is 1. The molecule has 2 aromatic rings. The lowest BCUT2D eigenvalue weighted by atomic mass is 10.0. The van der Waals surface area contributed by atoms with Crippen LogP contribution in [0.2, 0.25) is 5.02 Å². The number of benzene rings is 2. The van der Waals surface area contributed by atoms with Crippen molar-refractivity contribution in [2.75, 3.05) is 0 Å². The van der Waals surface area contributed by atoms with Gasteiger partial charge in [0.2, 0.25) is 0 Å². The zero-order valence-corrected chi connectivity index (χ0v) is 12.7. The number of hydrogen-bond donors (Lipinski definition) is 1. The number of nitro groups is 1. The third kappa shape index (κ3) is 4.03. The highest BCUT2D eigenvalue weighted by atomic mass is 35.5. The molecule has 0 aliphatic heterocycles. The maximum absolute atomic E-state index is 10.8. The molecule has 1 N–H and O–H groups in total. The number of hydrogen-bond acceptors (Lipinski definition) is 3. The van der Waals surface area contributed by atoms with Gasteiger partial charge in [0.1, 0.15) is 0 Å². The lowest BCUT2D eigenvalue weighted by molar-refractivity contribution is -0.384. The molecule has 2 aromatic carbocycles. The molecule has 0 amide bonds. The van der Waals surface area contributed by atoms with Gasteiger partial charge in [0.05, 0.1) is 4.92 Å². The van der Waals surface area contributed by atoms with Crippen molar-refractivity contribution in [3.8, 4) is 11.1 Å². The molecule has 0 atom stereocenters. The Balaban J connectivity index is 2.28. The molecule has 110 valence electrons. The van der Waals surface area contributed by atoms with Gasteiger partial charge in [0.15, 0.2) is 0 Å². The second-order valence-electron chi connectivity index (χ2n) is 5.16. The van der Waals surface area contributed by atoms with Crippen LogP contribution in [0.1, 0.15) is 19.4 Å². The summed E-state index contributed by atoms with van der Waals surface area (Å²) in [5.41, 5.74) is 2.70. The van der Waals surface area contributed by atoms with Crippen LogP contribution in [0.3, 0.4) is 0 Å². The Bertz CT molecular complexity index is 656. The van der Waals surface area contributed by atoms with E-state index in [1.807, 2.05) is 24.3 Å². The van der Waals surface area contributed by atoms with Crippen LogP contribution in [0.5, 0.6) is 0 Å². The molecule has 0 saturated carbocycles. The lowest BCUT2D eigenvalue weighted by Crippen LogP contribution is -2.21. The molecule has 0 saturated heterocycles. The van der Waals surface area contributed by atoms with Crippen LogP contribution in [0.15, 0.2) is 42.5 Å². The second-order valence-corrected chi connectivity index (χ2v) is 5.56. The molecular formula is C16H17ClN2O2. The molecule has 0 heterocycles. The van der Waals surface area contributed by atoms with Crippen molar-refractivity contribution in [2.45, 2.75) is 26.4 Å². The Morgan fingerprint density at radius 2 is 2.00 bits per heavy atom. The molecule has 0 fully saturated rings. The molecule has 0 aromatic heterocycles. The van der Waals surface area contributed by atoms with Crippen LogP contribution in [0.4, 0.5) is 5.69 Å². The Kier molecular flexibility index (Phi) is 4.94. The van der Waals surface area contributed by atoms with Crippen LogP contribution >= 0.6 is 11.6 Å². The molecule has 0 bridgehead atoms. The average molecular weight is 305 g/mol. The van der Waals surface area contributed by atoms with E-state index >= 15 is 0 Å². The maximum Gasteiger partial charge on any atom is 0.270 e. The molecule has 21 heavy (non-hydrogen) atoms. The Hall–Kier alpha value is -1.91. The predicted molar refractivity (Wildman–Crippen MR) is 85.5 cm³/mol. The van der Waals surface area contributed by atoms with Gasteiger partial charge in [-0.1, -0.05) is 49.7 Å². The zero-order chi connectivity index (χ0) is 15.4. The molecule has 0 aliphatic rings. The van der Waals surface area contributed by atoms with Crippen molar-refractivity contribution in [3.63, 3.8) is 0 Å². The van der Waals surface area contributed by atoms with E-state index < -0.39 is 4.92 Å². The van der Waals surface area contributed by atoms with E-state index in [1.165, 1.54) is 12.1 Å². The fourth-order valence-corrected chi connectivity index (χ4v) is 2.32. The van der Waals surface area contributed by atoms with E-state index in [0.29, 0.717) is 11.1 Å². The number of nitrogens with one attached hydrogen (secondary N) is 1. The highest BCUT2D eigenvalue weighted by Gasteiger charge is 2.10. The van der Waals surface area contributed by atoms with Crippen LogP contribution < -0.4 is 5.32 Å². The summed E-state index contributed by atoms with van der Waals surface area (Å²) >= 11 is 6.31. The highest BCUT2D eigenvalue weighted by molar-refractivity contribution is 6.33. The molecule has 5 heteroatoms. The van der Waals surface area contributed by atoms with Crippen molar-refractivity contribution < 1.29 is 4.92 Å². The number of halogens is 1. The molecule has 2 rings (SSSR count).